The number of carbonyl (C=O) groups excluding carboxylic acids is 1. The zero-order valence-corrected chi connectivity index (χ0v) is 14.6. The van der Waals surface area contributed by atoms with Crippen LogP contribution in [0.3, 0.4) is 0 Å². The monoisotopic (exact) mass is 351 g/mol. The first-order valence-corrected chi connectivity index (χ1v) is 10.2. The molecular formula is C17H25N3O3S. The van der Waals surface area contributed by atoms with Gasteiger partial charge in [0.1, 0.15) is 0 Å². The van der Waals surface area contributed by atoms with Gasteiger partial charge in [-0.1, -0.05) is 18.9 Å². The minimum Gasteiger partial charge on any atom is -0.348 e. The number of sulfonamides is 1. The fraction of sp³-hybridized carbons (Fsp3) is 0.588. The zero-order valence-electron chi connectivity index (χ0n) is 13.8. The fourth-order valence-electron chi connectivity index (χ4n) is 3.38. The van der Waals surface area contributed by atoms with Crippen LogP contribution in [0.15, 0.2) is 29.2 Å². The van der Waals surface area contributed by atoms with Crippen molar-refractivity contribution in [2.45, 2.75) is 55.5 Å². The van der Waals surface area contributed by atoms with E-state index in [2.05, 4.69) is 15.4 Å². The number of rotatable bonds is 5. The third-order valence-corrected chi connectivity index (χ3v) is 6.23. The van der Waals surface area contributed by atoms with E-state index in [-0.39, 0.29) is 22.9 Å². The molecule has 0 bridgehead atoms. The van der Waals surface area contributed by atoms with Gasteiger partial charge in [-0.2, -0.15) is 0 Å². The molecule has 1 amide bonds. The molecule has 132 valence electrons. The van der Waals surface area contributed by atoms with E-state index in [1.165, 1.54) is 12.1 Å². The van der Waals surface area contributed by atoms with E-state index >= 15 is 0 Å². The molecular weight excluding hydrogens is 326 g/mol. The molecule has 3 N–H and O–H groups in total. The molecule has 1 saturated heterocycles. The average molecular weight is 351 g/mol. The molecule has 1 heterocycles. The summed E-state index contributed by atoms with van der Waals surface area (Å²) in [5.74, 6) is -0.221. The molecule has 1 aromatic carbocycles. The first kappa shape index (κ1) is 17.4. The van der Waals surface area contributed by atoms with E-state index in [1.54, 1.807) is 12.1 Å². The summed E-state index contributed by atoms with van der Waals surface area (Å²) in [5, 5.41) is 6.22. The molecule has 1 aliphatic heterocycles. The summed E-state index contributed by atoms with van der Waals surface area (Å²) in [6.07, 6.45) is 5.86. The maximum Gasteiger partial charge on any atom is 0.251 e. The van der Waals surface area contributed by atoms with E-state index in [0.717, 1.165) is 51.6 Å². The van der Waals surface area contributed by atoms with Crippen LogP contribution < -0.4 is 15.4 Å². The number of piperidine rings is 1. The molecule has 1 aromatic rings. The Kier molecular flexibility index (Phi) is 5.53. The van der Waals surface area contributed by atoms with Gasteiger partial charge in [0.2, 0.25) is 10.0 Å². The topological polar surface area (TPSA) is 87.3 Å². The molecule has 0 unspecified atom stereocenters. The number of hydrogen-bond acceptors (Lipinski definition) is 4. The van der Waals surface area contributed by atoms with Gasteiger partial charge < -0.3 is 10.6 Å². The normalized spacial score (nSPS) is 22.4. The van der Waals surface area contributed by atoms with Gasteiger partial charge in [0.15, 0.2) is 0 Å². The standard InChI is InChI=1S/C17H25N3O3S/c21-17(19-15-8-4-10-18-12-15)13-5-3-9-16(11-13)24(22,23)20-14-6-1-2-7-14/h3,5,9,11,14-15,18,20H,1-2,4,6-8,10,12H2,(H,19,21)/t15-/m0/s1. The van der Waals surface area contributed by atoms with Gasteiger partial charge in [-0.3, -0.25) is 4.79 Å². The van der Waals surface area contributed by atoms with Crippen molar-refractivity contribution in [2.75, 3.05) is 13.1 Å². The summed E-state index contributed by atoms with van der Waals surface area (Å²) in [6, 6.07) is 6.39. The van der Waals surface area contributed by atoms with Gasteiger partial charge in [0.25, 0.3) is 5.91 Å². The second-order valence-corrected chi connectivity index (χ2v) is 8.36. The molecule has 1 atom stereocenters. The first-order valence-electron chi connectivity index (χ1n) is 8.68. The van der Waals surface area contributed by atoms with Gasteiger partial charge in [-0.05, 0) is 50.4 Å². The van der Waals surface area contributed by atoms with Crippen molar-refractivity contribution >= 4 is 15.9 Å². The van der Waals surface area contributed by atoms with Crippen molar-refractivity contribution in [2.24, 2.45) is 0 Å². The third-order valence-electron chi connectivity index (χ3n) is 4.72. The third kappa shape index (κ3) is 4.34. The minimum absolute atomic E-state index is 0.0146. The van der Waals surface area contributed by atoms with Crippen LogP contribution in [0.5, 0.6) is 0 Å². The lowest BCUT2D eigenvalue weighted by Gasteiger charge is -2.23. The smallest absolute Gasteiger partial charge is 0.251 e. The molecule has 3 rings (SSSR count). The van der Waals surface area contributed by atoms with Crippen molar-refractivity contribution < 1.29 is 13.2 Å². The van der Waals surface area contributed by atoms with Gasteiger partial charge in [0.05, 0.1) is 4.90 Å². The summed E-state index contributed by atoms with van der Waals surface area (Å²) in [4.78, 5) is 12.5. The van der Waals surface area contributed by atoms with Crippen LogP contribution >= 0.6 is 0 Å². The fourth-order valence-corrected chi connectivity index (χ4v) is 4.73. The molecule has 0 aromatic heterocycles. The highest BCUT2D eigenvalue weighted by Gasteiger charge is 2.24. The Labute approximate surface area is 143 Å². The van der Waals surface area contributed by atoms with Crippen molar-refractivity contribution in [3.05, 3.63) is 29.8 Å². The number of carbonyl (C=O) groups is 1. The SMILES string of the molecule is O=C(N[C@H]1CCCNC1)c1cccc(S(=O)(=O)NC2CCCC2)c1. The van der Waals surface area contributed by atoms with Crippen LogP contribution in [0.25, 0.3) is 0 Å². The summed E-state index contributed by atoms with van der Waals surface area (Å²) < 4.78 is 27.7. The van der Waals surface area contributed by atoms with Crippen molar-refractivity contribution in [3.8, 4) is 0 Å². The lowest BCUT2D eigenvalue weighted by molar-refractivity contribution is 0.0930. The van der Waals surface area contributed by atoms with E-state index < -0.39 is 10.0 Å². The van der Waals surface area contributed by atoms with Crippen LogP contribution in [-0.2, 0) is 10.0 Å². The zero-order chi connectivity index (χ0) is 17.0. The van der Waals surface area contributed by atoms with Crippen LogP contribution in [0.4, 0.5) is 0 Å². The van der Waals surface area contributed by atoms with Crippen molar-refractivity contribution in [1.29, 1.82) is 0 Å². The molecule has 2 fully saturated rings. The van der Waals surface area contributed by atoms with E-state index in [4.69, 9.17) is 0 Å². The highest BCUT2D eigenvalue weighted by Crippen LogP contribution is 2.21. The Morgan fingerprint density at radius 2 is 1.83 bits per heavy atom. The Hall–Kier alpha value is -1.44. The molecule has 6 nitrogen and oxygen atoms in total. The Morgan fingerprint density at radius 1 is 1.08 bits per heavy atom. The quantitative estimate of drug-likeness (QED) is 0.748. The molecule has 7 heteroatoms. The van der Waals surface area contributed by atoms with Gasteiger partial charge >= 0.3 is 0 Å². The van der Waals surface area contributed by atoms with Crippen LogP contribution in [-0.4, -0.2) is 39.5 Å². The van der Waals surface area contributed by atoms with Gasteiger partial charge in [-0.15, -0.1) is 0 Å². The predicted octanol–water partition coefficient (Wildman–Crippen LogP) is 1.39. The highest BCUT2D eigenvalue weighted by atomic mass is 32.2. The Bertz CT molecular complexity index is 678. The van der Waals surface area contributed by atoms with Crippen LogP contribution in [0.2, 0.25) is 0 Å². The van der Waals surface area contributed by atoms with E-state index in [9.17, 15) is 13.2 Å². The number of hydrogen-bond donors (Lipinski definition) is 3. The second kappa shape index (κ2) is 7.63. The summed E-state index contributed by atoms with van der Waals surface area (Å²) in [7, 11) is -3.58. The molecule has 1 aliphatic carbocycles. The average Bonchev–Trinajstić information content (AvgIpc) is 3.08. The van der Waals surface area contributed by atoms with Gasteiger partial charge in [0, 0.05) is 24.2 Å². The van der Waals surface area contributed by atoms with E-state index in [1.807, 2.05) is 0 Å². The van der Waals surface area contributed by atoms with Gasteiger partial charge in [-0.25, -0.2) is 13.1 Å². The lowest BCUT2D eigenvalue weighted by atomic mass is 10.1. The van der Waals surface area contributed by atoms with Crippen LogP contribution in [0.1, 0.15) is 48.9 Å². The number of nitrogens with one attached hydrogen (secondary N) is 3. The molecule has 1 saturated carbocycles. The van der Waals surface area contributed by atoms with Crippen molar-refractivity contribution in [3.63, 3.8) is 0 Å². The predicted molar refractivity (Wildman–Crippen MR) is 92.4 cm³/mol. The van der Waals surface area contributed by atoms with Crippen molar-refractivity contribution in [1.82, 2.24) is 15.4 Å². The Balaban J connectivity index is 1.69. The van der Waals surface area contributed by atoms with E-state index in [0.29, 0.717) is 5.56 Å². The molecule has 0 radical (unpaired) electrons. The number of amides is 1. The molecule has 0 spiro atoms. The summed E-state index contributed by atoms with van der Waals surface area (Å²) in [5.41, 5.74) is 0.384. The maximum atomic E-state index is 12.5. The van der Waals surface area contributed by atoms with Crippen LogP contribution in [0, 0.1) is 0 Å². The summed E-state index contributed by atoms with van der Waals surface area (Å²) >= 11 is 0. The molecule has 2 aliphatic rings. The highest BCUT2D eigenvalue weighted by molar-refractivity contribution is 7.89. The number of benzene rings is 1. The lowest BCUT2D eigenvalue weighted by Crippen LogP contribution is -2.45. The second-order valence-electron chi connectivity index (χ2n) is 6.65. The first-order chi connectivity index (χ1) is 11.5. The molecule has 24 heavy (non-hydrogen) atoms. The Morgan fingerprint density at radius 3 is 2.54 bits per heavy atom. The summed E-state index contributed by atoms with van der Waals surface area (Å²) in [6.45, 7) is 1.74. The maximum absolute atomic E-state index is 12.5. The minimum atomic E-state index is -3.58. The largest absolute Gasteiger partial charge is 0.348 e.